The van der Waals surface area contributed by atoms with Crippen molar-refractivity contribution in [3.05, 3.63) is 87.3 Å². The monoisotopic (exact) mass is 402 g/mol. The highest BCUT2D eigenvalue weighted by Crippen LogP contribution is 2.34. The Kier molecular flexibility index (Phi) is 5.67. The van der Waals surface area contributed by atoms with Crippen LogP contribution in [0.5, 0.6) is 0 Å². The molecule has 0 radical (unpaired) electrons. The van der Waals surface area contributed by atoms with Crippen LogP contribution in [0.15, 0.2) is 59.4 Å². The third-order valence-corrected chi connectivity index (χ3v) is 4.20. The van der Waals surface area contributed by atoms with E-state index < -0.39 is 11.7 Å². The van der Waals surface area contributed by atoms with Crippen molar-refractivity contribution in [1.82, 2.24) is 9.97 Å². The number of hydrogen-bond donors (Lipinski definition) is 4. The molecule has 5 N–H and O–H groups in total. The van der Waals surface area contributed by atoms with Gasteiger partial charge in [0, 0.05) is 6.42 Å². The summed E-state index contributed by atoms with van der Waals surface area (Å²) in [7, 11) is 0. The van der Waals surface area contributed by atoms with Gasteiger partial charge in [0.15, 0.2) is 0 Å². The molecular formula is C20H19F3N5O+. The van der Waals surface area contributed by atoms with E-state index in [1.165, 1.54) is 18.2 Å². The molecule has 0 amide bonds. The second-order valence-corrected chi connectivity index (χ2v) is 6.35. The minimum Gasteiger partial charge on any atom is -0.322 e. The largest absolute Gasteiger partial charge is 0.419 e. The van der Waals surface area contributed by atoms with E-state index in [1.807, 2.05) is 30.3 Å². The number of H-pyrrole nitrogens is 1. The van der Waals surface area contributed by atoms with E-state index in [-0.39, 0.29) is 23.2 Å². The Balaban J connectivity index is 1.85. The number of aromatic nitrogens is 2. The van der Waals surface area contributed by atoms with Crippen LogP contribution in [0.4, 0.5) is 24.8 Å². The predicted octanol–water partition coefficient (Wildman–Crippen LogP) is 1.83. The van der Waals surface area contributed by atoms with Crippen LogP contribution in [0.1, 0.15) is 22.4 Å². The molecule has 0 aliphatic heterocycles. The molecule has 3 aromatic rings. The third-order valence-electron chi connectivity index (χ3n) is 4.20. The zero-order chi connectivity index (χ0) is 21.0. The van der Waals surface area contributed by atoms with Crippen molar-refractivity contribution < 1.29 is 18.2 Å². The second kappa shape index (κ2) is 8.17. The number of nitrogens with one attached hydrogen (secondary N) is 3. The number of alkyl halides is 3. The van der Waals surface area contributed by atoms with E-state index in [0.29, 0.717) is 17.7 Å². The minimum absolute atomic E-state index is 0.0267. The molecule has 0 spiro atoms. The summed E-state index contributed by atoms with van der Waals surface area (Å²) in [4.78, 5) is 21.8. The number of hydrogen-bond acceptors (Lipinski definition) is 2. The molecule has 0 aliphatic rings. The topological polar surface area (TPSA) is 97.8 Å². The molecular weight excluding hydrogens is 383 g/mol. The molecule has 0 aliphatic carbocycles. The lowest BCUT2D eigenvalue weighted by molar-refractivity contribution is -0.365. The molecule has 0 atom stereocenters. The van der Waals surface area contributed by atoms with E-state index in [4.69, 9.17) is 5.73 Å². The number of para-hydroxylation sites is 1. The molecule has 3 rings (SSSR count). The fourth-order valence-electron chi connectivity index (χ4n) is 2.82. The number of nitrogens with zero attached hydrogens (tertiary/aromatic N) is 1. The van der Waals surface area contributed by atoms with Gasteiger partial charge in [-0.15, -0.1) is 4.98 Å². The number of aryl methyl sites for hydroxylation is 1. The van der Waals surface area contributed by atoms with Gasteiger partial charge in [-0.25, -0.2) is 9.98 Å². The van der Waals surface area contributed by atoms with Crippen LogP contribution in [0.25, 0.3) is 0 Å². The summed E-state index contributed by atoms with van der Waals surface area (Å²) in [5.41, 5.74) is 6.29. The zero-order valence-corrected chi connectivity index (χ0v) is 15.5. The average Bonchev–Trinajstić information content (AvgIpc) is 2.65. The van der Waals surface area contributed by atoms with E-state index in [2.05, 4.69) is 20.3 Å². The van der Waals surface area contributed by atoms with Crippen molar-refractivity contribution in [2.75, 3.05) is 5.32 Å². The fraction of sp³-hybridized carbons (Fsp3) is 0.150. The molecule has 0 saturated heterocycles. The molecule has 0 bridgehead atoms. The quantitative estimate of drug-likeness (QED) is 0.395. The Morgan fingerprint density at radius 1 is 1.14 bits per heavy atom. The Bertz CT molecular complexity index is 1090. The van der Waals surface area contributed by atoms with Crippen LogP contribution < -0.4 is 21.6 Å². The van der Waals surface area contributed by atoms with Crippen molar-refractivity contribution >= 4 is 17.6 Å². The van der Waals surface area contributed by atoms with Crippen molar-refractivity contribution in [2.24, 2.45) is 5.73 Å². The lowest BCUT2D eigenvalue weighted by atomic mass is 10.1. The molecule has 0 unspecified atom stereocenters. The highest BCUT2D eigenvalue weighted by Gasteiger charge is 2.34. The fourth-order valence-corrected chi connectivity index (χ4v) is 2.82. The predicted molar refractivity (Wildman–Crippen MR) is 104 cm³/mol. The molecule has 29 heavy (non-hydrogen) atoms. The smallest absolute Gasteiger partial charge is 0.322 e. The summed E-state index contributed by atoms with van der Waals surface area (Å²) in [6.45, 7) is 1.68. The van der Waals surface area contributed by atoms with Gasteiger partial charge in [-0.3, -0.25) is 10.1 Å². The molecule has 150 valence electrons. The lowest BCUT2D eigenvalue weighted by Crippen LogP contribution is -2.73. The van der Waals surface area contributed by atoms with Crippen molar-refractivity contribution in [1.29, 1.82) is 0 Å². The Hall–Kier alpha value is -3.62. The number of aromatic amines is 1. The first kappa shape index (κ1) is 20.1. The molecule has 6 nitrogen and oxygen atoms in total. The van der Waals surface area contributed by atoms with Crippen LogP contribution in [0, 0.1) is 6.92 Å². The number of halogens is 3. The maximum absolute atomic E-state index is 13.1. The highest BCUT2D eigenvalue weighted by atomic mass is 19.4. The first-order valence-corrected chi connectivity index (χ1v) is 8.70. The van der Waals surface area contributed by atoms with Crippen LogP contribution >= 0.6 is 0 Å². The number of anilines is 1. The maximum atomic E-state index is 13.1. The summed E-state index contributed by atoms with van der Waals surface area (Å²) in [6.07, 6.45) is -4.13. The van der Waals surface area contributed by atoms with Crippen LogP contribution in [0.2, 0.25) is 0 Å². The number of guanidine groups is 1. The Morgan fingerprint density at radius 2 is 1.79 bits per heavy atom. The minimum atomic E-state index is -4.54. The summed E-state index contributed by atoms with van der Waals surface area (Å²) in [5.74, 6) is -0.182. The van der Waals surface area contributed by atoms with E-state index in [9.17, 15) is 18.0 Å². The lowest BCUT2D eigenvalue weighted by Gasteiger charge is -2.11. The van der Waals surface area contributed by atoms with E-state index >= 15 is 0 Å². The van der Waals surface area contributed by atoms with Gasteiger partial charge in [0.05, 0.1) is 22.5 Å². The average molecular weight is 402 g/mol. The van der Waals surface area contributed by atoms with Gasteiger partial charge < -0.3 is 5.73 Å². The first-order valence-electron chi connectivity index (χ1n) is 8.70. The Labute approximate surface area is 164 Å². The molecule has 0 saturated carbocycles. The number of nitrogens with two attached hydrogens (primary N) is 1. The van der Waals surface area contributed by atoms with Gasteiger partial charge in [-0.2, -0.15) is 13.2 Å². The van der Waals surface area contributed by atoms with Gasteiger partial charge in [0.1, 0.15) is 0 Å². The number of rotatable bonds is 4. The van der Waals surface area contributed by atoms with Gasteiger partial charge in [0.2, 0.25) is 0 Å². The van der Waals surface area contributed by atoms with Crippen LogP contribution in [-0.2, 0) is 12.6 Å². The van der Waals surface area contributed by atoms with Crippen molar-refractivity contribution in [3.63, 3.8) is 0 Å². The molecule has 0 fully saturated rings. The SMILES string of the molecule is Cc1nc([NH+]=C(N)Nc2ccccc2C(F)(F)F)[nH]c(=O)c1Cc1ccccc1. The van der Waals surface area contributed by atoms with Gasteiger partial charge in [-0.1, -0.05) is 42.5 Å². The van der Waals surface area contributed by atoms with Crippen molar-refractivity contribution in [3.8, 4) is 0 Å². The highest BCUT2D eigenvalue weighted by molar-refractivity contribution is 5.89. The van der Waals surface area contributed by atoms with Crippen molar-refractivity contribution in [2.45, 2.75) is 19.5 Å². The van der Waals surface area contributed by atoms with Gasteiger partial charge >= 0.3 is 12.1 Å². The number of benzene rings is 2. The van der Waals surface area contributed by atoms with Crippen LogP contribution in [-0.4, -0.2) is 15.9 Å². The molecule has 9 heteroatoms. The summed E-state index contributed by atoms with van der Waals surface area (Å²) >= 11 is 0. The summed E-state index contributed by atoms with van der Waals surface area (Å²) < 4.78 is 39.3. The Morgan fingerprint density at radius 3 is 2.45 bits per heavy atom. The van der Waals surface area contributed by atoms with Crippen LogP contribution in [0.3, 0.4) is 0 Å². The normalized spacial score (nSPS) is 12.1. The third kappa shape index (κ3) is 5.01. The maximum Gasteiger partial charge on any atom is 0.419 e. The molecule has 1 heterocycles. The van der Waals surface area contributed by atoms with Gasteiger partial charge in [-0.05, 0) is 24.6 Å². The second-order valence-electron chi connectivity index (χ2n) is 6.35. The summed E-state index contributed by atoms with van der Waals surface area (Å²) in [6, 6.07) is 14.4. The van der Waals surface area contributed by atoms with E-state index in [0.717, 1.165) is 11.6 Å². The molecule has 2 aromatic carbocycles. The first-order chi connectivity index (χ1) is 13.7. The van der Waals surface area contributed by atoms with E-state index in [1.54, 1.807) is 6.92 Å². The zero-order valence-electron chi connectivity index (χ0n) is 15.5. The van der Waals surface area contributed by atoms with Gasteiger partial charge in [0.25, 0.3) is 11.5 Å². The summed E-state index contributed by atoms with van der Waals surface area (Å²) in [5, 5.41) is 2.46. The standard InChI is InChI=1S/C20H18F3N5O/c1-12-14(11-13-7-3-2-4-8-13)17(29)27-19(25-12)28-18(24)26-16-10-6-5-9-15(16)20(21,22)23/h2-10H,11H2,1H3,(H4,24,25,26,27,28,29)/p+1. The molecule has 1 aromatic heterocycles.